The fraction of sp³-hybridized carbons (Fsp3) is 1.00. The first-order valence-corrected chi connectivity index (χ1v) is 17.2. The number of aliphatic hydroxyl groups excluding tert-OH is 5. The molecule has 0 saturated carbocycles. The average Bonchev–Trinajstić information content (AvgIpc) is 3.06. The Balaban J connectivity index is 4.02. The Morgan fingerprint density at radius 1 is 0.422 bits per heavy atom. The molecule has 0 saturated heterocycles. The quantitative estimate of drug-likeness (QED) is 0.0367. The molecule has 0 heterocycles. The molecule has 0 aromatic heterocycles. The first-order valence-electron chi connectivity index (χ1n) is 17.2. The highest BCUT2D eigenvalue weighted by Gasteiger charge is 2.34. The smallest absolute Gasteiger partial charge is 0.106 e. The lowest BCUT2D eigenvalue weighted by Gasteiger charge is -2.39. The average molecular weight is 657 g/mol. The summed E-state index contributed by atoms with van der Waals surface area (Å²) in [6.07, 6.45) is 13.2. The van der Waals surface area contributed by atoms with E-state index in [9.17, 15) is 20.4 Å². The van der Waals surface area contributed by atoms with Crippen LogP contribution in [0.25, 0.3) is 0 Å². The molecule has 13 heteroatoms. The van der Waals surface area contributed by atoms with Crippen LogP contribution in [0.2, 0.25) is 0 Å². The topological polar surface area (TPSA) is 163 Å². The standard InChI is InChI=1S/C32H68N2O11/c1-2-3-4-5-6-7-8-9-10-11-12-33(14-19-40-23-25-42-22-18-36)15-20-41-24-26-43-27-28-45-44-21-16-34(13-17-35)32(29-37,30-38)31-39/h35-39H,2-31H2,1H3. The molecule has 0 aromatic rings. The lowest BCUT2D eigenvalue weighted by molar-refractivity contribution is -0.302. The van der Waals surface area contributed by atoms with Crippen LogP contribution >= 0.6 is 0 Å². The molecule has 0 aliphatic carbocycles. The van der Waals surface area contributed by atoms with E-state index in [-0.39, 0.29) is 39.5 Å². The van der Waals surface area contributed by atoms with Crippen molar-refractivity contribution in [2.75, 3.05) is 132 Å². The van der Waals surface area contributed by atoms with E-state index >= 15 is 0 Å². The molecule has 0 unspecified atom stereocenters. The zero-order valence-electron chi connectivity index (χ0n) is 28.3. The Hall–Kier alpha value is -0.520. The largest absolute Gasteiger partial charge is 0.395 e. The summed E-state index contributed by atoms with van der Waals surface area (Å²) in [5, 5.41) is 46.8. The summed E-state index contributed by atoms with van der Waals surface area (Å²) >= 11 is 0. The maximum absolute atomic E-state index is 9.58. The van der Waals surface area contributed by atoms with E-state index in [4.69, 9.17) is 33.8 Å². The van der Waals surface area contributed by atoms with E-state index in [0.29, 0.717) is 52.9 Å². The minimum atomic E-state index is -1.23. The molecule has 272 valence electrons. The Bertz CT molecular complexity index is 569. The Morgan fingerprint density at radius 3 is 1.40 bits per heavy atom. The van der Waals surface area contributed by atoms with Gasteiger partial charge in [-0.25, -0.2) is 9.78 Å². The first kappa shape index (κ1) is 44.5. The minimum absolute atomic E-state index is 0.0261. The van der Waals surface area contributed by atoms with E-state index in [1.54, 1.807) is 4.90 Å². The molecule has 0 radical (unpaired) electrons. The predicted molar refractivity (Wildman–Crippen MR) is 173 cm³/mol. The lowest BCUT2D eigenvalue weighted by atomic mass is 10.0. The fourth-order valence-electron chi connectivity index (χ4n) is 4.77. The molecule has 0 fully saturated rings. The van der Waals surface area contributed by atoms with Gasteiger partial charge in [-0.1, -0.05) is 64.7 Å². The van der Waals surface area contributed by atoms with E-state index in [1.165, 1.54) is 64.2 Å². The van der Waals surface area contributed by atoms with E-state index in [1.807, 2.05) is 0 Å². The summed E-state index contributed by atoms with van der Waals surface area (Å²) in [5.41, 5.74) is -1.23. The summed E-state index contributed by atoms with van der Waals surface area (Å²) in [6, 6.07) is 0. The van der Waals surface area contributed by atoms with Gasteiger partial charge in [-0.2, -0.15) is 0 Å². The molecule has 0 atom stereocenters. The van der Waals surface area contributed by atoms with Gasteiger partial charge in [0.2, 0.25) is 0 Å². The SMILES string of the molecule is CCCCCCCCCCCCN(CCOCCOCCO)CCOCCOCCOOCCN(CCO)C(CO)(CO)CO. The summed E-state index contributed by atoms with van der Waals surface area (Å²) in [7, 11) is 0. The van der Waals surface area contributed by atoms with Crippen LogP contribution in [0.1, 0.15) is 71.1 Å². The van der Waals surface area contributed by atoms with Crippen molar-refractivity contribution in [3.05, 3.63) is 0 Å². The number of rotatable bonds is 38. The van der Waals surface area contributed by atoms with Gasteiger partial charge in [0.05, 0.1) is 98.0 Å². The van der Waals surface area contributed by atoms with E-state index < -0.39 is 25.4 Å². The Labute approximate surface area is 272 Å². The van der Waals surface area contributed by atoms with Crippen LogP contribution in [0, 0.1) is 0 Å². The molecule has 0 bridgehead atoms. The number of hydrogen-bond donors (Lipinski definition) is 5. The lowest BCUT2D eigenvalue weighted by Crippen LogP contribution is -2.58. The molecule has 0 aliphatic heterocycles. The highest BCUT2D eigenvalue weighted by Crippen LogP contribution is 2.14. The van der Waals surface area contributed by atoms with Gasteiger partial charge in [-0.15, -0.1) is 0 Å². The molecular weight excluding hydrogens is 588 g/mol. The summed E-state index contributed by atoms with van der Waals surface area (Å²) in [5.74, 6) is 0. The van der Waals surface area contributed by atoms with Crippen LogP contribution in [-0.2, 0) is 28.7 Å². The van der Waals surface area contributed by atoms with Crippen LogP contribution in [0.3, 0.4) is 0 Å². The van der Waals surface area contributed by atoms with Crippen molar-refractivity contribution in [3.8, 4) is 0 Å². The number of hydrogen-bond acceptors (Lipinski definition) is 13. The van der Waals surface area contributed by atoms with Crippen molar-refractivity contribution >= 4 is 0 Å². The van der Waals surface area contributed by atoms with Gasteiger partial charge in [0, 0.05) is 26.2 Å². The zero-order valence-corrected chi connectivity index (χ0v) is 28.3. The van der Waals surface area contributed by atoms with Crippen molar-refractivity contribution < 1.29 is 54.3 Å². The number of aliphatic hydroxyl groups is 5. The number of nitrogens with zero attached hydrogens (tertiary/aromatic N) is 2. The van der Waals surface area contributed by atoms with Crippen molar-refractivity contribution in [3.63, 3.8) is 0 Å². The van der Waals surface area contributed by atoms with Gasteiger partial charge in [0.1, 0.15) is 6.61 Å². The highest BCUT2D eigenvalue weighted by molar-refractivity contribution is 4.89. The van der Waals surface area contributed by atoms with Gasteiger partial charge in [0.25, 0.3) is 0 Å². The van der Waals surface area contributed by atoms with Crippen LogP contribution in [0.4, 0.5) is 0 Å². The minimum Gasteiger partial charge on any atom is -0.395 e. The third-order valence-electron chi connectivity index (χ3n) is 7.67. The van der Waals surface area contributed by atoms with Crippen LogP contribution in [0.5, 0.6) is 0 Å². The second-order valence-electron chi connectivity index (χ2n) is 11.3. The van der Waals surface area contributed by atoms with Crippen molar-refractivity contribution in [2.45, 2.75) is 76.7 Å². The maximum Gasteiger partial charge on any atom is 0.106 e. The van der Waals surface area contributed by atoms with Crippen molar-refractivity contribution in [2.24, 2.45) is 0 Å². The third kappa shape index (κ3) is 26.2. The predicted octanol–water partition coefficient (Wildman–Crippen LogP) is 1.23. The monoisotopic (exact) mass is 656 g/mol. The Kier molecular flexibility index (Phi) is 34.4. The van der Waals surface area contributed by atoms with E-state index in [0.717, 1.165) is 19.6 Å². The summed E-state index contributed by atoms with van der Waals surface area (Å²) in [6.45, 7) is 8.05. The zero-order chi connectivity index (χ0) is 33.1. The van der Waals surface area contributed by atoms with Crippen LogP contribution in [0.15, 0.2) is 0 Å². The van der Waals surface area contributed by atoms with E-state index in [2.05, 4.69) is 11.8 Å². The maximum atomic E-state index is 9.58. The first-order chi connectivity index (χ1) is 22.1. The molecule has 0 aromatic carbocycles. The normalized spacial score (nSPS) is 12.3. The molecule has 5 N–H and O–H groups in total. The highest BCUT2D eigenvalue weighted by atomic mass is 17.2. The molecule has 0 spiro atoms. The van der Waals surface area contributed by atoms with Gasteiger partial charge < -0.3 is 44.5 Å². The van der Waals surface area contributed by atoms with Gasteiger partial charge in [-0.05, 0) is 13.0 Å². The van der Waals surface area contributed by atoms with Crippen molar-refractivity contribution in [1.29, 1.82) is 0 Å². The number of unbranched alkanes of at least 4 members (excludes halogenated alkanes) is 9. The van der Waals surface area contributed by atoms with Crippen LogP contribution < -0.4 is 0 Å². The summed E-state index contributed by atoms with van der Waals surface area (Å²) in [4.78, 5) is 14.2. The second kappa shape index (κ2) is 34.8. The third-order valence-corrected chi connectivity index (χ3v) is 7.67. The Morgan fingerprint density at radius 2 is 0.889 bits per heavy atom. The molecule has 0 rings (SSSR count). The molecule has 0 aliphatic rings. The van der Waals surface area contributed by atoms with Crippen LogP contribution in [-0.4, -0.2) is 173 Å². The molecule has 13 nitrogen and oxygen atoms in total. The van der Waals surface area contributed by atoms with Crippen molar-refractivity contribution in [1.82, 2.24) is 9.80 Å². The van der Waals surface area contributed by atoms with Gasteiger partial charge in [0.15, 0.2) is 0 Å². The molecule has 45 heavy (non-hydrogen) atoms. The number of β-amino-alcohol motifs (C(OH)–C–C–N with tert-alkyl or cyclic N) is 1. The molecule has 0 amide bonds. The van der Waals surface area contributed by atoms with Gasteiger partial charge >= 0.3 is 0 Å². The summed E-state index contributed by atoms with van der Waals surface area (Å²) < 4.78 is 22.3. The van der Waals surface area contributed by atoms with Gasteiger partial charge in [-0.3, -0.25) is 9.80 Å². The fourth-order valence-corrected chi connectivity index (χ4v) is 4.77. The second-order valence-corrected chi connectivity index (χ2v) is 11.3. The number of ether oxygens (including phenoxy) is 4. The molecular formula is C32H68N2O11.